The highest BCUT2D eigenvalue weighted by Gasteiger charge is 2.19. The Balaban J connectivity index is 2.18. The molecule has 4 heteroatoms. The minimum absolute atomic E-state index is 0.626. The molecule has 0 aliphatic carbocycles. The molecule has 1 aromatic carbocycles. The predicted octanol–water partition coefficient (Wildman–Crippen LogP) is 1.49. The molecule has 0 radical (unpaired) electrons. The van der Waals surface area contributed by atoms with E-state index in [0.29, 0.717) is 12.1 Å². The molecule has 86 valence electrons. The van der Waals surface area contributed by atoms with E-state index in [-0.39, 0.29) is 0 Å². The molecule has 0 spiro atoms. The number of nitrogens with one attached hydrogen (secondary N) is 1. The van der Waals surface area contributed by atoms with Crippen molar-refractivity contribution in [2.45, 2.75) is 13.0 Å². The van der Waals surface area contributed by atoms with Crippen LogP contribution in [0.5, 0.6) is 0 Å². The number of amides is 1. The smallest absolute Gasteiger partial charge is 0.210 e. The van der Waals surface area contributed by atoms with Gasteiger partial charge in [-0.05, 0) is 18.2 Å². The minimum Gasteiger partial charge on any atom is -0.358 e. The van der Waals surface area contributed by atoms with Crippen LogP contribution in [-0.4, -0.2) is 29.1 Å². The van der Waals surface area contributed by atoms with E-state index < -0.39 is 0 Å². The van der Waals surface area contributed by atoms with Crippen LogP contribution >= 0.6 is 0 Å². The summed E-state index contributed by atoms with van der Waals surface area (Å²) in [5.74, 6) is 0. The molecule has 4 nitrogen and oxygen atoms in total. The van der Waals surface area contributed by atoms with Crippen LogP contribution in [0.4, 0.5) is 0 Å². The SMILES string of the molecule is O=Cc1ccc2[nH]c3c(c2c1)CN(C=O)CC3. The fourth-order valence-corrected chi connectivity index (χ4v) is 2.42. The van der Waals surface area contributed by atoms with E-state index in [1.165, 1.54) is 5.69 Å². The van der Waals surface area contributed by atoms with E-state index in [4.69, 9.17) is 0 Å². The van der Waals surface area contributed by atoms with Crippen LogP contribution < -0.4 is 0 Å². The van der Waals surface area contributed by atoms with Crippen molar-refractivity contribution in [1.29, 1.82) is 0 Å². The number of nitrogens with zero attached hydrogens (tertiary/aromatic N) is 1. The first-order valence-corrected chi connectivity index (χ1v) is 5.60. The number of hydrogen-bond donors (Lipinski definition) is 1. The third-order valence-electron chi connectivity index (χ3n) is 3.31. The van der Waals surface area contributed by atoms with Crippen LogP contribution in [0.15, 0.2) is 18.2 Å². The monoisotopic (exact) mass is 228 g/mol. The van der Waals surface area contributed by atoms with Gasteiger partial charge >= 0.3 is 0 Å². The minimum atomic E-state index is 0.626. The number of aromatic amines is 1. The Morgan fingerprint density at radius 2 is 2.18 bits per heavy atom. The highest BCUT2D eigenvalue weighted by molar-refractivity contribution is 5.90. The van der Waals surface area contributed by atoms with Crippen LogP contribution in [0.2, 0.25) is 0 Å². The molecule has 2 heterocycles. The van der Waals surface area contributed by atoms with Crippen LogP contribution in [0, 0.1) is 0 Å². The maximum Gasteiger partial charge on any atom is 0.210 e. The summed E-state index contributed by atoms with van der Waals surface area (Å²) < 4.78 is 0. The lowest BCUT2D eigenvalue weighted by molar-refractivity contribution is -0.118. The van der Waals surface area contributed by atoms with Gasteiger partial charge in [0, 0.05) is 47.2 Å². The van der Waals surface area contributed by atoms with Crippen molar-refractivity contribution in [1.82, 2.24) is 9.88 Å². The van der Waals surface area contributed by atoms with Gasteiger partial charge in [-0.2, -0.15) is 0 Å². The molecule has 2 aromatic rings. The molecule has 17 heavy (non-hydrogen) atoms. The van der Waals surface area contributed by atoms with Gasteiger partial charge < -0.3 is 9.88 Å². The summed E-state index contributed by atoms with van der Waals surface area (Å²) in [6.45, 7) is 1.38. The Morgan fingerprint density at radius 3 is 2.94 bits per heavy atom. The number of hydrogen-bond acceptors (Lipinski definition) is 2. The topological polar surface area (TPSA) is 53.2 Å². The summed E-state index contributed by atoms with van der Waals surface area (Å²) >= 11 is 0. The summed E-state index contributed by atoms with van der Waals surface area (Å²) in [7, 11) is 0. The largest absolute Gasteiger partial charge is 0.358 e. The summed E-state index contributed by atoms with van der Waals surface area (Å²) in [4.78, 5) is 26.7. The highest BCUT2D eigenvalue weighted by atomic mass is 16.1. The van der Waals surface area contributed by atoms with Gasteiger partial charge in [0.2, 0.25) is 6.41 Å². The number of benzene rings is 1. The first kappa shape index (κ1) is 10.1. The molecule has 1 aromatic heterocycles. The summed E-state index contributed by atoms with van der Waals surface area (Å²) in [5.41, 5.74) is 4.03. The van der Waals surface area contributed by atoms with Crippen LogP contribution in [0.25, 0.3) is 10.9 Å². The molecule has 0 saturated carbocycles. The van der Waals surface area contributed by atoms with Gasteiger partial charge in [-0.1, -0.05) is 0 Å². The number of aldehydes is 1. The van der Waals surface area contributed by atoms with Gasteiger partial charge in [0.15, 0.2) is 0 Å². The number of carbonyl (C=O) groups is 2. The summed E-state index contributed by atoms with van der Waals surface area (Å²) in [5, 5.41) is 1.05. The molecule has 1 N–H and O–H groups in total. The van der Waals surface area contributed by atoms with E-state index in [2.05, 4.69) is 4.98 Å². The van der Waals surface area contributed by atoms with E-state index >= 15 is 0 Å². The summed E-state index contributed by atoms with van der Waals surface area (Å²) in [6.07, 6.45) is 2.57. The second-order valence-electron chi connectivity index (χ2n) is 4.33. The van der Waals surface area contributed by atoms with Crippen molar-refractivity contribution in [3.8, 4) is 0 Å². The van der Waals surface area contributed by atoms with Crippen molar-refractivity contribution in [2.24, 2.45) is 0 Å². The van der Waals surface area contributed by atoms with Crippen molar-refractivity contribution < 1.29 is 9.59 Å². The van der Waals surface area contributed by atoms with Gasteiger partial charge in [-0.15, -0.1) is 0 Å². The fraction of sp³-hybridized carbons (Fsp3) is 0.231. The lowest BCUT2D eigenvalue weighted by atomic mass is 10.0. The van der Waals surface area contributed by atoms with Crippen molar-refractivity contribution >= 4 is 23.6 Å². The van der Waals surface area contributed by atoms with Gasteiger partial charge in [-0.25, -0.2) is 0 Å². The Kier molecular flexibility index (Phi) is 2.21. The third kappa shape index (κ3) is 1.53. The fourth-order valence-electron chi connectivity index (χ4n) is 2.42. The maximum absolute atomic E-state index is 10.8. The lowest BCUT2D eigenvalue weighted by Gasteiger charge is -2.22. The molecule has 1 aliphatic heterocycles. The first-order valence-electron chi connectivity index (χ1n) is 5.60. The van der Waals surface area contributed by atoms with Crippen LogP contribution in [0.1, 0.15) is 21.6 Å². The standard InChI is InChI=1S/C13H12N2O2/c16-7-9-1-2-12-10(5-9)11-6-15(8-17)4-3-13(11)14-12/h1-2,5,7-8,14H,3-4,6H2. The second kappa shape index (κ2) is 3.73. The van der Waals surface area contributed by atoms with E-state index in [9.17, 15) is 9.59 Å². The third-order valence-corrected chi connectivity index (χ3v) is 3.31. The number of carbonyl (C=O) groups excluding carboxylic acids is 2. The number of fused-ring (bicyclic) bond motifs is 3. The molecule has 1 aliphatic rings. The van der Waals surface area contributed by atoms with E-state index in [1.807, 2.05) is 12.1 Å². The Morgan fingerprint density at radius 1 is 1.29 bits per heavy atom. The Labute approximate surface area is 98.2 Å². The van der Waals surface area contributed by atoms with Crippen molar-refractivity contribution in [3.63, 3.8) is 0 Å². The molecule has 0 fully saturated rings. The Bertz CT molecular complexity index is 601. The second-order valence-corrected chi connectivity index (χ2v) is 4.33. The van der Waals surface area contributed by atoms with E-state index in [1.54, 1.807) is 11.0 Å². The number of H-pyrrole nitrogens is 1. The zero-order valence-electron chi connectivity index (χ0n) is 9.27. The molecular weight excluding hydrogens is 216 g/mol. The highest BCUT2D eigenvalue weighted by Crippen LogP contribution is 2.27. The number of rotatable bonds is 2. The van der Waals surface area contributed by atoms with Gasteiger partial charge in [0.25, 0.3) is 0 Å². The molecule has 0 saturated heterocycles. The normalized spacial score (nSPS) is 14.7. The molecule has 0 unspecified atom stereocenters. The molecule has 0 atom stereocenters. The molecule has 3 rings (SSSR count). The average Bonchev–Trinajstić information content (AvgIpc) is 2.75. The van der Waals surface area contributed by atoms with Gasteiger partial charge in [-0.3, -0.25) is 9.59 Å². The van der Waals surface area contributed by atoms with Gasteiger partial charge in [0.1, 0.15) is 6.29 Å². The average molecular weight is 228 g/mol. The molecular formula is C13H12N2O2. The van der Waals surface area contributed by atoms with Crippen LogP contribution in [-0.2, 0) is 17.8 Å². The zero-order chi connectivity index (χ0) is 11.8. The molecule has 0 bridgehead atoms. The summed E-state index contributed by atoms with van der Waals surface area (Å²) in [6, 6.07) is 5.60. The number of aromatic nitrogens is 1. The van der Waals surface area contributed by atoms with Crippen LogP contribution in [0.3, 0.4) is 0 Å². The van der Waals surface area contributed by atoms with E-state index in [0.717, 1.165) is 42.1 Å². The predicted molar refractivity (Wildman–Crippen MR) is 63.9 cm³/mol. The van der Waals surface area contributed by atoms with Gasteiger partial charge in [0.05, 0.1) is 0 Å². The maximum atomic E-state index is 10.8. The lowest BCUT2D eigenvalue weighted by Crippen LogP contribution is -2.28. The van der Waals surface area contributed by atoms with Crippen molar-refractivity contribution in [2.75, 3.05) is 6.54 Å². The zero-order valence-corrected chi connectivity index (χ0v) is 9.27. The molecule has 1 amide bonds. The quantitative estimate of drug-likeness (QED) is 0.792. The first-order chi connectivity index (χ1) is 8.31. The Hall–Kier alpha value is -2.10. The van der Waals surface area contributed by atoms with Crippen molar-refractivity contribution in [3.05, 3.63) is 35.0 Å².